The molecule has 5 aromatic carbocycles. The Kier molecular flexibility index (Phi) is 5.86. The summed E-state index contributed by atoms with van der Waals surface area (Å²) < 4.78 is 103. The van der Waals surface area contributed by atoms with E-state index in [2.05, 4.69) is 24.3 Å². The van der Waals surface area contributed by atoms with Gasteiger partial charge in [0.05, 0.1) is 0 Å². The van der Waals surface area contributed by atoms with Gasteiger partial charge in [0.2, 0.25) is 0 Å². The molecule has 0 fully saturated rings. The van der Waals surface area contributed by atoms with Crippen molar-refractivity contribution in [2.75, 3.05) is 57.3 Å². The van der Waals surface area contributed by atoms with Gasteiger partial charge in [0.25, 0.3) is 0 Å². The average Bonchev–Trinajstić information content (AvgIpc) is 4.12. The van der Waals surface area contributed by atoms with Crippen LogP contribution in [0.1, 0.15) is 16.4 Å². The Balaban J connectivity index is 1.05. The quantitative estimate of drug-likeness (QED) is 0.169. The Morgan fingerprint density at radius 3 is 0.862 bits per heavy atom. The van der Waals surface area contributed by atoms with E-state index >= 15 is 0 Å². The van der Waals surface area contributed by atoms with E-state index in [-0.39, 0.29) is 0 Å². The first kappa shape index (κ1) is 24.6. The first-order valence-electron chi connectivity index (χ1n) is 23.7. The summed E-state index contributed by atoms with van der Waals surface area (Å²) in [5.74, 6) is 0. The third-order valence-electron chi connectivity index (χ3n) is 9.64. The van der Waals surface area contributed by atoms with E-state index in [1.165, 1.54) is 44.4 Å². The molecule has 0 radical (unpaired) electrons. The van der Waals surface area contributed by atoms with E-state index < -0.39 is 63.2 Å². The second kappa shape index (κ2) is 13.8. The van der Waals surface area contributed by atoms with Gasteiger partial charge in [-0.3, -0.25) is 0 Å². The Morgan fingerprint density at radius 2 is 0.603 bits per heavy atom. The van der Waals surface area contributed by atoms with E-state index in [1.54, 1.807) is 44.4 Å². The zero-order chi connectivity index (χ0) is 49.1. The van der Waals surface area contributed by atoms with Crippen LogP contribution in [0.4, 0.5) is 56.9 Å². The van der Waals surface area contributed by atoms with Crippen LogP contribution in [0.3, 0.4) is 0 Å². The normalized spacial score (nSPS) is 22.0. The van der Waals surface area contributed by atoms with Gasteiger partial charge in [-0.1, -0.05) is 0 Å². The molecule has 0 atom stereocenters. The third kappa shape index (κ3) is 5.77. The number of fused-ring (bicyclic) bond motifs is 16. The van der Waals surface area contributed by atoms with E-state index in [0.717, 1.165) is 0 Å². The number of rotatable bonds is 2. The molecular weight excluding hydrogens is 1080 g/mol. The summed E-state index contributed by atoms with van der Waals surface area (Å²) in [4.78, 5) is 15.9. The predicted octanol–water partition coefficient (Wildman–Crippen LogP) is 7.26. The van der Waals surface area contributed by atoms with Crippen molar-refractivity contribution in [3.05, 3.63) is 171 Å². The molecular formula is C46H36N10Pt2-4. The van der Waals surface area contributed by atoms with E-state index in [9.17, 15) is 0 Å². The molecule has 5 aromatic rings. The Bertz CT molecular complexity index is 2840. The zero-order valence-corrected chi connectivity index (χ0v) is 34.5. The van der Waals surface area contributed by atoms with Gasteiger partial charge in [0.1, 0.15) is 0 Å². The van der Waals surface area contributed by atoms with Crippen LogP contribution in [-0.2, 0) is 35.3 Å². The maximum atomic E-state index is 8.42. The Labute approximate surface area is 371 Å². The zero-order valence-electron chi connectivity index (χ0n) is 42.0. The summed E-state index contributed by atoms with van der Waals surface area (Å²) >= 11 is -2.99. The first-order chi connectivity index (χ1) is 33.2. The van der Waals surface area contributed by atoms with Gasteiger partial charge in [0.15, 0.2) is 0 Å². The van der Waals surface area contributed by atoms with Crippen LogP contribution in [0.15, 0.2) is 147 Å². The summed E-state index contributed by atoms with van der Waals surface area (Å²) in [6.07, 6.45) is 12.6. The Hall–Kier alpha value is -6.08. The van der Waals surface area contributed by atoms with Crippen LogP contribution in [-0.4, -0.2) is 64.1 Å². The summed E-state index contributed by atoms with van der Waals surface area (Å²) in [5.41, 5.74) is 6.07. The van der Waals surface area contributed by atoms with E-state index in [4.69, 9.17) is 16.4 Å². The molecule has 12 heteroatoms. The van der Waals surface area contributed by atoms with Crippen molar-refractivity contribution in [3.8, 4) is 0 Å². The fraction of sp³-hybridized carbons (Fsp3) is 0.0870. The molecule has 11 rings (SSSR count). The standard InChI is InChI=1S/C46H36N10.2Pt/c1-47-21-25-51(33-47)39-9-5-13-43(29-39)55(44-14-6-10-40(30-44)52-26-22-48(2)34-52)37-17-19-38(20-18-37)56(45-15-7-11-41(31-45)53-27-23-49(3)35-53)46-16-8-12-42(32-46)54-28-24-50(4)36-54;;/h5-28H,1-4H3;;/q-4;;/i1D3,2D3,3D3,4D3;;. The van der Waals surface area contributed by atoms with Gasteiger partial charge in [-0.15, -0.1) is 0 Å². The van der Waals surface area contributed by atoms with Crippen molar-refractivity contribution in [2.45, 2.75) is 0 Å². The molecule has 6 heterocycles. The molecule has 0 amide bonds. The fourth-order valence-corrected chi connectivity index (χ4v) is 12.6. The summed E-state index contributed by atoms with van der Waals surface area (Å²) in [7, 11) is 0. The fourth-order valence-electron chi connectivity index (χ4n) is 7.00. The predicted molar refractivity (Wildman–Crippen MR) is 229 cm³/mol. The van der Waals surface area contributed by atoms with Crippen molar-refractivity contribution in [3.63, 3.8) is 0 Å². The second-order valence-electron chi connectivity index (χ2n) is 13.1. The molecule has 0 unspecified atom stereocenters. The van der Waals surface area contributed by atoms with Gasteiger partial charge in [-0.25, -0.2) is 0 Å². The van der Waals surface area contributed by atoms with E-state index in [1.807, 2.05) is 107 Å². The van der Waals surface area contributed by atoms with E-state index in [0.29, 0.717) is 73.5 Å². The summed E-state index contributed by atoms with van der Waals surface area (Å²) in [6, 6.07) is 44.3. The molecule has 6 aliphatic rings. The molecule has 0 spiro atoms. The van der Waals surface area contributed by atoms with Crippen LogP contribution >= 0.6 is 0 Å². The van der Waals surface area contributed by atoms with Crippen LogP contribution in [0.25, 0.3) is 0 Å². The minimum atomic E-state index is -2.55. The average molecular weight is 1130 g/mol. The summed E-state index contributed by atoms with van der Waals surface area (Å²) in [6.45, 7) is -10.2. The minimum absolute atomic E-state index is 0.419. The molecule has 10 nitrogen and oxygen atoms in total. The molecule has 0 saturated heterocycles. The van der Waals surface area contributed by atoms with Crippen LogP contribution in [0, 0.1) is 24.3 Å². The molecule has 294 valence electrons. The number of anilines is 10. The number of benzene rings is 5. The topological polar surface area (TPSA) is 32.4 Å². The summed E-state index contributed by atoms with van der Waals surface area (Å²) in [5, 5.41) is 0. The number of hydrogen-bond acceptors (Lipinski definition) is 10. The molecule has 0 N–H and O–H groups in total. The van der Waals surface area contributed by atoms with Crippen LogP contribution < -0.4 is 29.4 Å². The first-order valence-corrected chi connectivity index (χ1v) is 22.3. The maximum absolute atomic E-state index is 8.42. The number of hydrogen-bond donors (Lipinski definition) is 0. The molecule has 0 aliphatic carbocycles. The SMILES string of the molecule is [2H]C([2H])([2H])N1C=CN2[C]1=[Pt]=[C]1N(C=CN1C([2H])([2H])[2H])c1[c-]c(ccc1)N(c1ccc(N3c4[c-]c(ccc4)N4C=CN(C([2H])([2H])[2H])[C]4=[Pt]=[C]4N(C=CN4C([2H])([2H])[2H])c4[c-]c3ccc4)cc1)c1[c-]c2ccc1. The second-order valence-corrected chi connectivity index (χ2v) is 18.3. The Morgan fingerprint density at radius 1 is 0.345 bits per heavy atom. The van der Waals surface area contributed by atoms with Crippen molar-refractivity contribution < 1.29 is 51.7 Å². The van der Waals surface area contributed by atoms with Crippen molar-refractivity contribution in [2.24, 2.45) is 0 Å². The third-order valence-corrected chi connectivity index (χ3v) is 16.0. The van der Waals surface area contributed by atoms with Crippen LogP contribution in [0.5, 0.6) is 0 Å². The molecule has 0 saturated carbocycles. The van der Waals surface area contributed by atoms with Crippen LogP contribution in [0.2, 0.25) is 0 Å². The molecule has 58 heavy (non-hydrogen) atoms. The molecule has 8 bridgehead atoms. The van der Waals surface area contributed by atoms with Crippen molar-refractivity contribution in [1.82, 2.24) is 19.6 Å². The monoisotopic (exact) mass is 1130 g/mol. The molecule has 0 aromatic heterocycles. The van der Waals surface area contributed by atoms with Gasteiger partial charge < -0.3 is 0 Å². The van der Waals surface area contributed by atoms with Crippen molar-refractivity contribution >= 4 is 73.5 Å². The van der Waals surface area contributed by atoms with Gasteiger partial charge >= 0.3 is 373 Å². The van der Waals surface area contributed by atoms with Gasteiger partial charge in [-0.2, -0.15) is 0 Å². The van der Waals surface area contributed by atoms with Gasteiger partial charge in [0, 0.05) is 0 Å². The van der Waals surface area contributed by atoms with Gasteiger partial charge in [-0.05, 0) is 0 Å². The number of nitrogens with zero attached hydrogens (tertiary/aromatic N) is 10. The van der Waals surface area contributed by atoms with Crippen molar-refractivity contribution in [1.29, 1.82) is 0 Å². The molecule has 6 aliphatic heterocycles.